The third kappa shape index (κ3) is 3.69. The van der Waals surface area contributed by atoms with Gasteiger partial charge in [-0.1, -0.05) is 13.8 Å². The van der Waals surface area contributed by atoms with Gasteiger partial charge in [-0.05, 0) is 5.92 Å². The van der Waals surface area contributed by atoms with E-state index in [2.05, 4.69) is 4.74 Å². The van der Waals surface area contributed by atoms with Crippen molar-refractivity contribution < 1.29 is 57.4 Å². The molecule has 0 N–H and O–H groups in total. The SMILES string of the molecule is CC(C)COCC(F)(F)C(F)(F)C(F)(F)C(F)(F)C(F)(F)C(F)F. The minimum Gasteiger partial charge on any atom is -0.375 e. The standard InChI is InChI=1S/C11H12F12O/c1-5(2)3-24-4-7(14,15)9(18,19)11(22,23)10(20,21)8(16,17)6(12)13/h5-6H,3-4H2,1-2H3. The van der Waals surface area contributed by atoms with Crippen molar-refractivity contribution in [2.75, 3.05) is 13.2 Å². The molecule has 0 atom stereocenters. The molecule has 0 bridgehead atoms. The zero-order valence-electron chi connectivity index (χ0n) is 12.0. The van der Waals surface area contributed by atoms with Crippen LogP contribution in [0.25, 0.3) is 0 Å². The normalized spacial score (nSPS) is 15.5. The van der Waals surface area contributed by atoms with Crippen molar-refractivity contribution in [3.8, 4) is 0 Å². The highest BCUT2D eigenvalue weighted by molar-refractivity contribution is 5.09. The summed E-state index contributed by atoms with van der Waals surface area (Å²) < 4.78 is 157. The highest BCUT2D eigenvalue weighted by Gasteiger charge is 2.87. The summed E-state index contributed by atoms with van der Waals surface area (Å²) in [6, 6.07) is 0. The Labute approximate surface area is 127 Å². The van der Waals surface area contributed by atoms with Crippen LogP contribution in [-0.4, -0.2) is 49.3 Å². The number of halogens is 12. The average molecular weight is 388 g/mol. The first-order chi connectivity index (χ1) is 10.4. The van der Waals surface area contributed by atoms with Crippen molar-refractivity contribution in [2.45, 2.75) is 49.9 Å². The van der Waals surface area contributed by atoms with Gasteiger partial charge in [0.25, 0.3) is 0 Å². The lowest BCUT2D eigenvalue weighted by molar-refractivity contribution is -0.415. The molecule has 0 rings (SSSR count). The second-order valence-corrected chi connectivity index (χ2v) is 5.26. The lowest BCUT2D eigenvalue weighted by Crippen LogP contribution is -2.69. The third-order valence-electron chi connectivity index (χ3n) is 2.68. The maximum absolute atomic E-state index is 13.2. The Bertz CT molecular complexity index is 417. The van der Waals surface area contributed by atoms with Crippen LogP contribution in [0.4, 0.5) is 52.7 Å². The smallest absolute Gasteiger partial charge is 0.375 e. The first kappa shape index (κ1) is 23.1. The van der Waals surface area contributed by atoms with E-state index in [9.17, 15) is 52.7 Å². The molecular formula is C11H12F12O. The van der Waals surface area contributed by atoms with Gasteiger partial charge in [-0.3, -0.25) is 0 Å². The summed E-state index contributed by atoms with van der Waals surface area (Å²) in [5, 5.41) is 0. The first-order valence-corrected chi connectivity index (χ1v) is 6.11. The largest absolute Gasteiger partial charge is 0.384 e. The zero-order valence-corrected chi connectivity index (χ0v) is 12.0. The minimum absolute atomic E-state index is 0.542. The Hall–Kier alpha value is -0.880. The van der Waals surface area contributed by atoms with Crippen LogP contribution in [0.3, 0.4) is 0 Å². The Morgan fingerprint density at radius 1 is 0.708 bits per heavy atom. The number of hydrogen-bond acceptors (Lipinski definition) is 1. The van der Waals surface area contributed by atoms with E-state index in [4.69, 9.17) is 0 Å². The Kier molecular flexibility index (Phi) is 6.54. The number of hydrogen-bond donors (Lipinski definition) is 0. The molecule has 13 heteroatoms. The predicted octanol–water partition coefficient (Wildman–Crippen LogP) is 5.10. The van der Waals surface area contributed by atoms with Gasteiger partial charge < -0.3 is 4.74 Å². The molecular weight excluding hydrogens is 376 g/mol. The maximum atomic E-state index is 13.2. The molecule has 1 nitrogen and oxygen atoms in total. The molecule has 0 heterocycles. The van der Waals surface area contributed by atoms with Crippen LogP contribution in [0.5, 0.6) is 0 Å². The minimum atomic E-state index is -7.50. The number of rotatable bonds is 9. The van der Waals surface area contributed by atoms with Crippen LogP contribution in [-0.2, 0) is 4.74 Å². The lowest BCUT2D eigenvalue weighted by atomic mass is 9.94. The highest BCUT2D eigenvalue weighted by Crippen LogP contribution is 2.58. The van der Waals surface area contributed by atoms with Gasteiger partial charge in [0.05, 0.1) is 0 Å². The molecule has 0 aromatic rings. The van der Waals surface area contributed by atoms with E-state index in [-0.39, 0.29) is 0 Å². The second kappa shape index (κ2) is 6.79. The van der Waals surface area contributed by atoms with Gasteiger partial charge in [-0.25, -0.2) is 8.78 Å². The number of ether oxygens (including phenoxy) is 1. The molecule has 0 aliphatic carbocycles. The van der Waals surface area contributed by atoms with E-state index >= 15 is 0 Å². The molecule has 0 aromatic heterocycles. The van der Waals surface area contributed by atoms with Gasteiger partial charge in [0, 0.05) is 6.61 Å². The van der Waals surface area contributed by atoms with E-state index in [1.807, 2.05) is 0 Å². The predicted molar refractivity (Wildman–Crippen MR) is 56.4 cm³/mol. The van der Waals surface area contributed by atoms with E-state index in [0.29, 0.717) is 0 Å². The van der Waals surface area contributed by atoms with Gasteiger partial charge in [-0.2, -0.15) is 43.9 Å². The van der Waals surface area contributed by atoms with Crippen molar-refractivity contribution in [1.29, 1.82) is 0 Å². The van der Waals surface area contributed by atoms with Crippen LogP contribution in [0.1, 0.15) is 13.8 Å². The molecule has 0 radical (unpaired) electrons. The zero-order chi connectivity index (χ0) is 19.8. The lowest BCUT2D eigenvalue weighted by Gasteiger charge is -2.39. The summed E-state index contributed by atoms with van der Waals surface area (Å²) in [7, 11) is 0. The summed E-state index contributed by atoms with van der Waals surface area (Å²) in [5.41, 5.74) is 0. The van der Waals surface area contributed by atoms with Crippen LogP contribution < -0.4 is 0 Å². The van der Waals surface area contributed by atoms with Gasteiger partial charge in [0.1, 0.15) is 6.61 Å². The third-order valence-corrected chi connectivity index (χ3v) is 2.68. The van der Waals surface area contributed by atoms with Crippen LogP contribution in [0.15, 0.2) is 0 Å². The molecule has 0 unspecified atom stereocenters. The van der Waals surface area contributed by atoms with Crippen molar-refractivity contribution in [1.82, 2.24) is 0 Å². The molecule has 0 amide bonds. The molecule has 0 saturated carbocycles. The molecule has 0 saturated heterocycles. The molecule has 0 spiro atoms. The summed E-state index contributed by atoms with van der Waals surface area (Å²) in [6.45, 7) is -0.505. The monoisotopic (exact) mass is 388 g/mol. The Balaban J connectivity index is 5.72. The quantitative estimate of drug-likeness (QED) is 0.500. The van der Waals surface area contributed by atoms with Crippen molar-refractivity contribution in [3.63, 3.8) is 0 Å². The average Bonchev–Trinajstić information content (AvgIpc) is 2.36. The summed E-state index contributed by atoms with van der Waals surface area (Å²) >= 11 is 0. The summed E-state index contributed by atoms with van der Waals surface area (Å²) in [4.78, 5) is 0. The van der Waals surface area contributed by atoms with Crippen LogP contribution in [0, 0.1) is 5.92 Å². The van der Waals surface area contributed by atoms with E-state index in [0.717, 1.165) is 0 Å². The van der Waals surface area contributed by atoms with Gasteiger partial charge >= 0.3 is 36.0 Å². The van der Waals surface area contributed by atoms with E-state index in [1.165, 1.54) is 13.8 Å². The second-order valence-electron chi connectivity index (χ2n) is 5.26. The first-order valence-electron chi connectivity index (χ1n) is 6.11. The fraction of sp³-hybridized carbons (Fsp3) is 1.00. The summed E-state index contributed by atoms with van der Waals surface area (Å²) in [6.07, 6.45) is -5.50. The topological polar surface area (TPSA) is 9.23 Å². The molecule has 0 aliphatic rings. The van der Waals surface area contributed by atoms with Crippen molar-refractivity contribution in [2.24, 2.45) is 5.92 Å². The van der Waals surface area contributed by atoms with Gasteiger partial charge in [-0.15, -0.1) is 0 Å². The van der Waals surface area contributed by atoms with Crippen molar-refractivity contribution >= 4 is 0 Å². The van der Waals surface area contributed by atoms with Crippen LogP contribution in [0.2, 0.25) is 0 Å². The van der Waals surface area contributed by atoms with Crippen molar-refractivity contribution in [3.05, 3.63) is 0 Å². The highest BCUT2D eigenvalue weighted by atomic mass is 19.4. The fourth-order valence-corrected chi connectivity index (χ4v) is 1.29. The van der Waals surface area contributed by atoms with Gasteiger partial charge in [0.2, 0.25) is 0 Å². The number of alkyl halides is 12. The van der Waals surface area contributed by atoms with Crippen LogP contribution >= 0.6 is 0 Å². The Morgan fingerprint density at radius 2 is 1.12 bits per heavy atom. The fourth-order valence-electron chi connectivity index (χ4n) is 1.29. The van der Waals surface area contributed by atoms with E-state index in [1.54, 1.807) is 0 Å². The maximum Gasteiger partial charge on any atom is 0.384 e. The Morgan fingerprint density at radius 3 is 1.46 bits per heavy atom. The van der Waals surface area contributed by atoms with Gasteiger partial charge in [0.15, 0.2) is 0 Å². The summed E-state index contributed by atoms with van der Waals surface area (Å²) in [5.74, 6) is -35.6. The molecule has 24 heavy (non-hydrogen) atoms. The molecule has 146 valence electrons. The molecule has 0 aromatic carbocycles. The molecule has 0 aliphatic heterocycles. The van der Waals surface area contributed by atoms with E-state index < -0.39 is 55.2 Å². The molecule has 0 fully saturated rings.